The number of aliphatic imine (C=N–C) groups is 2. The Balaban J connectivity index is 0.000000170. The Morgan fingerprint density at radius 1 is 0.719 bits per heavy atom. The number of hydroxylamine groups is 2. The van der Waals surface area contributed by atoms with Crippen LogP contribution in [-0.2, 0) is 9.68 Å². The summed E-state index contributed by atoms with van der Waals surface area (Å²) in [6, 6.07) is 22.8. The number of benzene rings is 2. The first kappa shape index (κ1) is 40.4. The summed E-state index contributed by atoms with van der Waals surface area (Å²) in [7, 11) is 6.45. The zero-order valence-corrected chi connectivity index (χ0v) is 33.9. The predicted octanol–water partition coefficient (Wildman–Crippen LogP) is 6.22. The van der Waals surface area contributed by atoms with E-state index in [1.54, 1.807) is 47.3 Å². The minimum absolute atomic E-state index is 0.127. The van der Waals surface area contributed by atoms with Gasteiger partial charge in [-0.2, -0.15) is 0 Å². The van der Waals surface area contributed by atoms with E-state index in [0.717, 1.165) is 44.2 Å². The lowest BCUT2D eigenvalue weighted by Gasteiger charge is -2.22. The minimum atomic E-state index is -0.157. The molecule has 6 aromatic rings. The van der Waals surface area contributed by atoms with Gasteiger partial charge in [0.05, 0.1) is 51.3 Å². The van der Waals surface area contributed by atoms with Gasteiger partial charge in [-0.25, -0.2) is 30.9 Å². The van der Waals surface area contributed by atoms with Gasteiger partial charge in [0.1, 0.15) is 53.9 Å². The van der Waals surface area contributed by atoms with Crippen LogP contribution in [0.25, 0.3) is 5.69 Å². The molecular formula is C40H43BrN10O6. The molecule has 0 fully saturated rings. The summed E-state index contributed by atoms with van der Waals surface area (Å²) in [6.45, 7) is 4.75. The van der Waals surface area contributed by atoms with E-state index < -0.39 is 0 Å². The van der Waals surface area contributed by atoms with Gasteiger partial charge in [0.25, 0.3) is 0 Å². The van der Waals surface area contributed by atoms with Crippen LogP contribution in [0.15, 0.2) is 112 Å². The van der Waals surface area contributed by atoms with Gasteiger partial charge in [-0.1, -0.05) is 24.3 Å². The van der Waals surface area contributed by atoms with Crippen LogP contribution in [0.2, 0.25) is 0 Å². The van der Waals surface area contributed by atoms with Crippen LogP contribution < -0.4 is 29.9 Å². The van der Waals surface area contributed by atoms with Crippen molar-refractivity contribution in [3.63, 3.8) is 0 Å². The fourth-order valence-corrected chi connectivity index (χ4v) is 5.96. The number of nitrogens with one attached hydrogen (secondary N) is 3. The van der Waals surface area contributed by atoms with Gasteiger partial charge in [-0.05, 0) is 89.4 Å². The van der Waals surface area contributed by atoms with Crippen molar-refractivity contribution in [3.05, 3.63) is 136 Å². The summed E-state index contributed by atoms with van der Waals surface area (Å²) in [5, 5.41) is 0. The molecule has 0 saturated carbocycles. The number of amidine groups is 2. The highest BCUT2D eigenvalue weighted by Gasteiger charge is 2.22. The van der Waals surface area contributed by atoms with E-state index in [9.17, 15) is 0 Å². The summed E-state index contributed by atoms with van der Waals surface area (Å²) in [5.74, 6) is 3.66. The van der Waals surface area contributed by atoms with Gasteiger partial charge < -0.3 is 28.5 Å². The second-order valence-corrected chi connectivity index (χ2v) is 13.3. The monoisotopic (exact) mass is 838 g/mol. The van der Waals surface area contributed by atoms with E-state index >= 15 is 0 Å². The Morgan fingerprint density at radius 3 is 1.77 bits per heavy atom. The highest BCUT2D eigenvalue weighted by molar-refractivity contribution is 9.10. The molecule has 0 bridgehead atoms. The first-order chi connectivity index (χ1) is 27.8. The molecule has 2 aromatic carbocycles. The lowest BCUT2D eigenvalue weighted by atomic mass is 10.1. The van der Waals surface area contributed by atoms with Crippen LogP contribution in [0, 0.1) is 13.8 Å². The Labute approximate surface area is 338 Å². The molecule has 6 heterocycles. The first-order valence-corrected chi connectivity index (χ1v) is 18.5. The third-order valence-electron chi connectivity index (χ3n) is 8.50. The lowest BCUT2D eigenvalue weighted by Crippen LogP contribution is -2.33. The number of halogens is 1. The van der Waals surface area contributed by atoms with Gasteiger partial charge >= 0.3 is 0 Å². The third-order valence-corrected chi connectivity index (χ3v) is 9.10. The Hall–Kier alpha value is -6.30. The summed E-state index contributed by atoms with van der Waals surface area (Å²) in [4.78, 5) is 40.4. The van der Waals surface area contributed by atoms with Crippen molar-refractivity contribution in [1.82, 2.24) is 40.4 Å². The molecule has 2 aliphatic rings. The second kappa shape index (κ2) is 19.5. The number of nitrogens with zero attached hydrogens (tertiary/aromatic N) is 7. The number of hydrogen-bond acceptors (Lipinski definition) is 14. The predicted molar refractivity (Wildman–Crippen MR) is 217 cm³/mol. The normalized spacial score (nSPS) is 15.8. The number of pyridine rings is 2. The van der Waals surface area contributed by atoms with E-state index in [2.05, 4.69) is 51.8 Å². The molecule has 4 aromatic heterocycles. The Kier molecular flexibility index (Phi) is 13.8. The summed E-state index contributed by atoms with van der Waals surface area (Å²) in [5.41, 5.74) is 11.8. The topological polar surface area (TPSA) is 176 Å². The van der Waals surface area contributed by atoms with Crippen molar-refractivity contribution >= 4 is 27.6 Å². The highest BCUT2D eigenvalue weighted by atomic mass is 79.9. The van der Waals surface area contributed by atoms with E-state index in [0.29, 0.717) is 48.0 Å². The third kappa shape index (κ3) is 10.5. The smallest absolute Gasteiger partial charge is 0.238 e. The number of aromatic nitrogens is 6. The Bertz CT molecular complexity index is 2300. The van der Waals surface area contributed by atoms with Crippen LogP contribution in [0.3, 0.4) is 0 Å². The maximum atomic E-state index is 5.55. The van der Waals surface area contributed by atoms with E-state index in [-0.39, 0.29) is 12.1 Å². The van der Waals surface area contributed by atoms with Crippen molar-refractivity contribution < 1.29 is 28.6 Å². The molecule has 2 unspecified atom stereocenters. The zero-order chi connectivity index (χ0) is 40.1. The summed E-state index contributed by atoms with van der Waals surface area (Å²) in [6.07, 6.45) is 7.08. The molecule has 0 radical (unpaired) electrons. The number of rotatable bonds is 9. The van der Waals surface area contributed by atoms with Crippen molar-refractivity contribution in [2.75, 3.05) is 41.7 Å². The molecule has 2 aliphatic heterocycles. The summed E-state index contributed by atoms with van der Waals surface area (Å²) < 4.78 is 23.9. The van der Waals surface area contributed by atoms with Gasteiger partial charge in [-0.15, -0.1) is 0 Å². The van der Waals surface area contributed by atoms with Gasteiger partial charge in [0.2, 0.25) is 11.8 Å². The van der Waals surface area contributed by atoms with Gasteiger partial charge in [0, 0.05) is 18.1 Å². The quantitative estimate of drug-likeness (QED) is 0.150. The van der Waals surface area contributed by atoms with E-state index in [4.69, 9.17) is 38.6 Å². The minimum Gasteiger partial charge on any atom is -0.497 e. The van der Waals surface area contributed by atoms with Crippen LogP contribution in [0.5, 0.6) is 23.3 Å². The lowest BCUT2D eigenvalue weighted by molar-refractivity contribution is 0.0620. The molecule has 0 saturated heterocycles. The molecule has 0 spiro atoms. The SMILES string of the molecule is COc1cccc(C2CONC(c3ccc(-n4cnc(C)c4)c(OC)n3)=N2)c1.COc1cccc(C2CONC(c3ccc(Br)c(OC)n3)=N2)c1.Cc1cnc[nH]1. The molecule has 0 aliphatic carbocycles. The highest BCUT2D eigenvalue weighted by Crippen LogP contribution is 2.28. The molecular weight excluding hydrogens is 796 g/mol. The number of imidazole rings is 2. The van der Waals surface area contributed by atoms with Crippen molar-refractivity contribution in [2.24, 2.45) is 9.98 Å². The standard InChI is InChI=1S/C20H21N5O3.C16H16BrN3O3.C4H6N2/c1-13-10-25(12-21-13)18-8-7-16(23-20(18)27-3)19-22-17(11-28-24-19)14-5-4-6-15(9-14)26-2;1-21-11-5-3-4-10(8-11)14-9-23-20-15(18-14)13-7-6-12(17)16(19-13)22-2;1-4-2-5-3-6-4/h4-10,12,17H,11H2,1-3H3,(H,22,24);3-8,14H,9H2,1-2H3,(H,18,20);2-3H,1H3,(H,5,6). The van der Waals surface area contributed by atoms with Crippen LogP contribution >= 0.6 is 15.9 Å². The molecule has 2 atom stereocenters. The fraction of sp³-hybridized carbons (Fsp3) is 0.250. The van der Waals surface area contributed by atoms with Gasteiger partial charge in [-0.3, -0.25) is 19.7 Å². The number of ether oxygens (including phenoxy) is 4. The van der Waals surface area contributed by atoms with Crippen LogP contribution in [0.4, 0.5) is 0 Å². The average molecular weight is 840 g/mol. The largest absolute Gasteiger partial charge is 0.497 e. The molecule has 16 nitrogen and oxygen atoms in total. The first-order valence-electron chi connectivity index (χ1n) is 17.7. The molecule has 57 heavy (non-hydrogen) atoms. The maximum Gasteiger partial charge on any atom is 0.238 e. The molecule has 3 N–H and O–H groups in total. The number of aryl methyl sites for hydroxylation is 2. The zero-order valence-electron chi connectivity index (χ0n) is 32.3. The molecule has 0 amide bonds. The van der Waals surface area contributed by atoms with Gasteiger partial charge in [0.15, 0.2) is 11.7 Å². The van der Waals surface area contributed by atoms with Crippen molar-refractivity contribution in [2.45, 2.75) is 25.9 Å². The fourth-order valence-electron chi connectivity index (χ4n) is 5.58. The molecule has 296 valence electrons. The summed E-state index contributed by atoms with van der Waals surface area (Å²) >= 11 is 3.39. The second-order valence-electron chi connectivity index (χ2n) is 12.4. The van der Waals surface area contributed by atoms with E-state index in [1.165, 1.54) is 0 Å². The maximum absolute atomic E-state index is 5.55. The number of hydrogen-bond donors (Lipinski definition) is 3. The van der Waals surface area contributed by atoms with Crippen LogP contribution in [-0.4, -0.2) is 82.8 Å². The van der Waals surface area contributed by atoms with E-state index in [1.807, 2.05) is 97.4 Å². The Morgan fingerprint density at radius 2 is 1.30 bits per heavy atom. The van der Waals surface area contributed by atoms with Crippen molar-refractivity contribution in [1.29, 1.82) is 0 Å². The van der Waals surface area contributed by atoms with Crippen LogP contribution in [0.1, 0.15) is 46.0 Å². The molecule has 17 heteroatoms. The number of H-pyrrole nitrogens is 1. The van der Waals surface area contributed by atoms with Crippen molar-refractivity contribution in [3.8, 4) is 28.9 Å². The average Bonchev–Trinajstić information content (AvgIpc) is 3.94. The molecule has 8 rings (SSSR count). The number of methoxy groups -OCH3 is 4. The number of aromatic amines is 1.